The molecule has 6 rings (SSSR count). The standard InChI is InChI=1S/C29H24N6O2S/c1-32-27(36)25(28(37)33(2)29(32)38)14-21-15-34(26-13-6-5-12-24(21)26)17-22-18-35(31-30-22)16-20-10-7-9-19-8-3-4-11-23(19)20/h3-15,18H,16-17H2,1-2H3. The van der Waals surface area contributed by atoms with Gasteiger partial charge in [-0.25, -0.2) is 4.68 Å². The molecule has 0 spiro atoms. The highest BCUT2D eigenvalue weighted by molar-refractivity contribution is 7.80. The summed E-state index contributed by atoms with van der Waals surface area (Å²) in [4.78, 5) is 28.3. The van der Waals surface area contributed by atoms with Crippen molar-refractivity contribution in [2.45, 2.75) is 13.1 Å². The zero-order valence-electron chi connectivity index (χ0n) is 20.9. The van der Waals surface area contributed by atoms with E-state index in [1.54, 1.807) is 20.2 Å². The molecule has 0 unspecified atom stereocenters. The number of aromatic nitrogens is 4. The van der Waals surface area contributed by atoms with Gasteiger partial charge in [-0.2, -0.15) is 0 Å². The van der Waals surface area contributed by atoms with Crippen molar-refractivity contribution in [1.29, 1.82) is 0 Å². The highest BCUT2D eigenvalue weighted by atomic mass is 32.1. The van der Waals surface area contributed by atoms with Gasteiger partial charge >= 0.3 is 0 Å². The van der Waals surface area contributed by atoms with Gasteiger partial charge in [-0.05, 0) is 40.7 Å². The summed E-state index contributed by atoms with van der Waals surface area (Å²) in [6, 6.07) is 22.5. The van der Waals surface area contributed by atoms with Gasteiger partial charge in [0.05, 0.1) is 19.3 Å². The van der Waals surface area contributed by atoms with Crippen LogP contribution in [0.5, 0.6) is 0 Å². The molecule has 38 heavy (non-hydrogen) atoms. The third-order valence-electron chi connectivity index (χ3n) is 6.89. The molecule has 8 nitrogen and oxygen atoms in total. The zero-order valence-corrected chi connectivity index (χ0v) is 21.7. The molecule has 0 saturated carbocycles. The monoisotopic (exact) mass is 520 g/mol. The molecule has 3 aromatic carbocycles. The quantitative estimate of drug-likeness (QED) is 0.198. The van der Waals surface area contributed by atoms with Crippen LogP contribution in [-0.2, 0) is 22.7 Å². The molecule has 0 N–H and O–H groups in total. The number of rotatable bonds is 5. The normalized spacial score (nSPS) is 14.3. The minimum absolute atomic E-state index is 0.0764. The molecule has 2 aromatic heterocycles. The maximum Gasteiger partial charge on any atom is 0.265 e. The first-order chi connectivity index (χ1) is 18.4. The minimum Gasteiger partial charge on any atom is -0.341 e. The summed E-state index contributed by atoms with van der Waals surface area (Å²) in [6.45, 7) is 1.11. The SMILES string of the molecule is CN1C(=O)C(=Cc2cn(Cc3cn(Cc4cccc5ccccc45)nn3)c3ccccc23)C(=O)N(C)C1=S. The van der Waals surface area contributed by atoms with Gasteiger partial charge in [0, 0.05) is 36.8 Å². The molecule has 1 aliphatic heterocycles. The second-order valence-electron chi connectivity index (χ2n) is 9.34. The summed E-state index contributed by atoms with van der Waals surface area (Å²) in [5, 5.41) is 12.3. The number of para-hydroxylation sites is 1. The second-order valence-corrected chi connectivity index (χ2v) is 9.71. The first-order valence-corrected chi connectivity index (χ1v) is 12.6. The Labute approximate surface area is 224 Å². The van der Waals surface area contributed by atoms with Gasteiger partial charge in [0.25, 0.3) is 11.8 Å². The number of hydrogen-bond acceptors (Lipinski definition) is 5. The third-order valence-corrected chi connectivity index (χ3v) is 7.44. The largest absolute Gasteiger partial charge is 0.341 e. The van der Waals surface area contributed by atoms with E-state index in [9.17, 15) is 9.59 Å². The van der Waals surface area contributed by atoms with Gasteiger partial charge < -0.3 is 4.57 Å². The number of carbonyl (C=O) groups is 2. The lowest BCUT2D eigenvalue weighted by atomic mass is 10.0. The second kappa shape index (κ2) is 9.35. The number of likely N-dealkylation sites (N-methyl/N-ethyl adjacent to an activating group) is 2. The summed E-state index contributed by atoms with van der Waals surface area (Å²) >= 11 is 5.21. The molecular formula is C29H24N6O2S. The lowest BCUT2D eigenvalue weighted by Crippen LogP contribution is -2.52. The number of hydrogen-bond donors (Lipinski definition) is 0. The Hall–Kier alpha value is -4.63. The molecule has 2 amide bonds. The van der Waals surface area contributed by atoms with Crippen LogP contribution in [-0.4, -0.2) is 60.4 Å². The van der Waals surface area contributed by atoms with Crippen LogP contribution in [0.15, 0.2) is 84.7 Å². The summed E-state index contributed by atoms with van der Waals surface area (Å²) < 4.78 is 3.91. The minimum atomic E-state index is -0.411. The predicted molar refractivity (Wildman–Crippen MR) is 150 cm³/mol. The molecule has 0 radical (unpaired) electrons. The number of amides is 2. The Kier molecular flexibility index (Phi) is 5.84. The smallest absolute Gasteiger partial charge is 0.265 e. The fourth-order valence-electron chi connectivity index (χ4n) is 4.92. The van der Waals surface area contributed by atoms with Crippen LogP contribution >= 0.6 is 12.2 Å². The Morgan fingerprint density at radius 2 is 1.50 bits per heavy atom. The van der Waals surface area contributed by atoms with E-state index >= 15 is 0 Å². The number of nitrogens with zero attached hydrogens (tertiary/aromatic N) is 6. The van der Waals surface area contributed by atoms with Gasteiger partial charge in [0.15, 0.2) is 5.11 Å². The maximum absolute atomic E-state index is 12.9. The average molecular weight is 521 g/mol. The van der Waals surface area contributed by atoms with E-state index in [0.717, 1.165) is 22.2 Å². The lowest BCUT2D eigenvalue weighted by Gasteiger charge is -2.31. The fraction of sp³-hybridized carbons (Fsp3) is 0.138. The van der Waals surface area contributed by atoms with E-state index in [1.807, 2.05) is 53.5 Å². The van der Waals surface area contributed by atoms with E-state index in [4.69, 9.17) is 12.2 Å². The summed E-state index contributed by atoms with van der Waals surface area (Å²) in [7, 11) is 3.15. The highest BCUT2D eigenvalue weighted by Gasteiger charge is 2.35. The Morgan fingerprint density at radius 3 is 2.29 bits per heavy atom. The van der Waals surface area contributed by atoms with Gasteiger partial charge in [0.2, 0.25) is 0 Å². The number of fused-ring (bicyclic) bond motifs is 2. The van der Waals surface area contributed by atoms with Crippen LogP contribution in [0.2, 0.25) is 0 Å². The molecule has 9 heteroatoms. The summed E-state index contributed by atoms with van der Waals surface area (Å²) in [5.41, 5.74) is 3.80. The first-order valence-electron chi connectivity index (χ1n) is 12.2. The van der Waals surface area contributed by atoms with Crippen LogP contribution in [0.3, 0.4) is 0 Å². The van der Waals surface area contributed by atoms with Crippen molar-refractivity contribution in [2.24, 2.45) is 0 Å². The van der Waals surface area contributed by atoms with Crippen molar-refractivity contribution in [2.75, 3.05) is 14.1 Å². The van der Waals surface area contributed by atoms with Crippen molar-refractivity contribution in [3.63, 3.8) is 0 Å². The molecule has 1 fully saturated rings. The molecule has 0 aliphatic carbocycles. The van der Waals surface area contributed by atoms with Crippen molar-refractivity contribution < 1.29 is 9.59 Å². The number of carbonyl (C=O) groups excluding carboxylic acids is 2. The van der Waals surface area contributed by atoms with Crippen molar-refractivity contribution in [3.05, 3.63) is 102 Å². The van der Waals surface area contributed by atoms with Crippen LogP contribution < -0.4 is 0 Å². The Morgan fingerprint density at radius 1 is 0.816 bits per heavy atom. The first kappa shape index (κ1) is 23.7. The van der Waals surface area contributed by atoms with Crippen LogP contribution in [0.4, 0.5) is 0 Å². The fourth-order valence-corrected chi connectivity index (χ4v) is 5.09. The molecular weight excluding hydrogens is 496 g/mol. The van der Waals surface area contributed by atoms with Gasteiger partial charge in [-0.15, -0.1) is 5.10 Å². The number of thiocarbonyl (C=S) groups is 1. The average Bonchev–Trinajstić information content (AvgIpc) is 3.53. The lowest BCUT2D eigenvalue weighted by molar-refractivity contribution is -0.132. The third kappa shape index (κ3) is 4.06. The van der Waals surface area contributed by atoms with E-state index < -0.39 is 11.8 Å². The van der Waals surface area contributed by atoms with Gasteiger partial charge in [-0.1, -0.05) is 65.9 Å². The number of benzene rings is 3. The van der Waals surface area contributed by atoms with Crippen LogP contribution in [0.25, 0.3) is 27.8 Å². The van der Waals surface area contributed by atoms with Crippen molar-refractivity contribution in [1.82, 2.24) is 29.4 Å². The predicted octanol–water partition coefficient (Wildman–Crippen LogP) is 4.08. The summed E-state index contributed by atoms with van der Waals surface area (Å²) in [5.74, 6) is -0.822. The van der Waals surface area contributed by atoms with Crippen molar-refractivity contribution >= 4 is 56.9 Å². The van der Waals surface area contributed by atoms with E-state index in [0.29, 0.717) is 13.1 Å². The maximum atomic E-state index is 12.9. The molecule has 0 bridgehead atoms. The topological polar surface area (TPSA) is 76.3 Å². The molecule has 1 aliphatic rings. The zero-order chi connectivity index (χ0) is 26.4. The highest BCUT2D eigenvalue weighted by Crippen LogP contribution is 2.27. The van der Waals surface area contributed by atoms with Crippen molar-refractivity contribution in [3.8, 4) is 0 Å². The van der Waals surface area contributed by atoms with Gasteiger partial charge in [-0.3, -0.25) is 19.4 Å². The van der Waals surface area contributed by atoms with E-state index in [-0.39, 0.29) is 10.7 Å². The summed E-state index contributed by atoms with van der Waals surface area (Å²) in [6.07, 6.45) is 5.54. The van der Waals surface area contributed by atoms with E-state index in [2.05, 4.69) is 45.2 Å². The van der Waals surface area contributed by atoms with Gasteiger partial charge in [0.1, 0.15) is 11.3 Å². The van der Waals surface area contributed by atoms with Crippen LogP contribution in [0, 0.1) is 0 Å². The molecule has 0 atom stereocenters. The molecule has 188 valence electrons. The Bertz CT molecular complexity index is 1750. The van der Waals surface area contributed by atoms with Crippen LogP contribution in [0.1, 0.15) is 16.8 Å². The van der Waals surface area contributed by atoms with E-state index in [1.165, 1.54) is 26.1 Å². The molecule has 3 heterocycles. The molecule has 5 aromatic rings. The molecule has 1 saturated heterocycles. The Balaban J connectivity index is 1.31.